The van der Waals surface area contributed by atoms with E-state index in [4.69, 9.17) is 9.47 Å². The Morgan fingerprint density at radius 3 is 2.66 bits per heavy atom. The minimum atomic E-state index is -0.795. The van der Waals surface area contributed by atoms with Crippen molar-refractivity contribution in [1.29, 1.82) is 0 Å². The first-order valence-electron chi connectivity index (χ1n) is 11.3. The molecule has 2 unspecified atom stereocenters. The highest BCUT2D eigenvalue weighted by molar-refractivity contribution is 5.97. The number of unbranched alkanes of at least 4 members (excludes halogenated alkanes) is 2. The van der Waals surface area contributed by atoms with Gasteiger partial charge in [-0.1, -0.05) is 33.1 Å². The fraction of sp³-hybridized carbons (Fsp3) is 0.708. The summed E-state index contributed by atoms with van der Waals surface area (Å²) in [6, 6.07) is 7.61. The van der Waals surface area contributed by atoms with Gasteiger partial charge in [0.15, 0.2) is 0 Å². The lowest BCUT2D eigenvalue weighted by Crippen LogP contribution is -2.41. The molecule has 2 atom stereocenters. The molecule has 1 amide bonds. The lowest BCUT2D eigenvalue weighted by Gasteiger charge is -2.30. The van der Waals surface area contributed by atoms with Crippen molar-refractivity contribution < 1.29 is 14.3 Å². The largest absolute Gasteiger partial charge is 0.494 e. The van der Waals surface area contributed by atoms with E-state index in [-0.39, 0.29) is 5.91 Å². The molecule has 1 heterocycles. The molecule has 0 saturated carbocycles. The van der Waals surface area contributed by atoms with Crippen LogP contribution in [-0.4, -0.2) is 49.8 Å². The van der Waals surface area contributed by atoms with Gasteiger partial charge in [0.1, 0.15) is 11.4 Å². The van der Waals surface area contributed by atoms with Crippen LogP contribution < -0.4 is 10.1 Å². The highest BCUT2D eigenvalue weighted by Gasteiger charge is 2.32. The quantitative estimate of drug-likeness (QED) is 0.492. The molecule has 0 aliphatic carbocycles. The fourth-order valence-corrected chi connectivity index (χ4v) is 3.89. The third kappa shape index (κ3) is 7.98. The normalized spacial score (nSPS) is 19.5. The zero-order valence-corrected chi connectivity index (χ0v) is 18.8. The number of amides is 1. The van der Waals surface area contributed by atoms with Crippen LogP contribution in [0.3, 0.4) is 0 Å². The smallest absolute Gasteiger partial charge is 0.256 e. The van der Waals surface area contributed by atoms with Gasteiger partial charge in [0.05, 0.1) is 6.61 Å². The molecule has 1 saturated heterocycles. The molecule has 1 aromatic rings. The van der Waals surface area contributed by atoms with Gasteiger partial charge in [-0.15, -0.1) is 0 Å². The minimum absolute atomic E-state index is 0.0967. The van der Waals surface area contributed by atoms with Crippen molar-refractivity contribution in [3.05, 3.63) is 24.3 Å². The number of carbonyl (C=O) groups is 1. The van der Waals surface area contributed by atoms with Crippen molar-refractivity contribution in [3.8, 4) is 5.75 Å². The molecule has 0 spiro atoms. The molecule has 29 heavy (non-hydrogen) atoms. The average Bonchev–Trinajstić information content (AvgIpc) is 2.72. The highest BCUT2D eigenvalue weighted by Crippen LogP contribution is 2.23. The number of nitrogens with one attached hydrogen (secondary N) is 1. The fourth-order valence-electron chi connectivity index (χ4n) is 3.89. The summed E-state index contributed by atoms with van der Waals surface area (Å²) in [5.41, 5.74) is -0.0283. The molecule has 1 fully saturated rings. The zero-order chi connectivity index (χ0) is 21.1. The number of hydrogen-bond acceptors (Lipinski definition) is 4. The van der Waals surface area contributed by atoms with E-state index in [1.54, 1.807) is 7.11 Å². The molecule has 1 N–H and O–H groups in total. The number of anilines is 1. The van der Waals surface area contributed by atoms with E-state index in [1.807, 2.05) is 31.2 Å². The first-order chi connectivity index (χ1) is 14.0. The van der Waals surface area contributed by atoms with Crippen LogP contribution in [0.15, 0.2) is 24.3 Å². The van der Waals surface area contributed by atoms with E-state index < -0.39 is 5.60 Å². The van der Waals surface area contributed by atoms with Gasteiger partial charge in [0.25, 0.3) is 5.91 Å². The molecule has 0 bridgehead atoms. The van der Waals surface area contributed by atoms with E-state index in [2.05, 4.69) is 24.1 Å². The van der Waals surface area contributed by atoms with E-state index >= 15 is 0 Å². The first-order valence-corrected chi connectivity index (χ1v) is 11.3. The standard InChI is InChI=1S/C24H40N2O3/c1-5-6-7-15-24(3,28-4)23(27)25-21-11-13-22(14-12-21)29-18-9-17-26-16-8-10-20(2)19-26/h11-14,20H,5-10,15-19H2,1-4H3,(H,25,27). The van der Waals surface area contributed by atoms with Gasteiger partial charge in [0.2, 0.25) is 0 Å². The van der Waals surface area contributed by atoms with Crippen molar-refractivity contribution >= 4 is 11.6 Å². The van der Waals surface area contributed by atoms with E-state index in [1.165, 1.54) is 25.9 Å². The Balaban J connectivity index is 1.73. The molecule has 1 aliphatic rings. The number of nitrogens with zero attached hydrogens (tertiary/aromatic N) is 1. The predicted molar refractivity (Wildman–Crippen MR) is 120 cm³/mol. The average molecular weight is 405 g/mol. The Kier molecular flexibility index (Phi) is 9.95. The van der Waals surface area contributed by atoms with Crippen LogP contribution in [-0.2, 0) is 9.53 Å². The number of methoxy groups -OCH3 is 1. The van der Waals surface area contributed by atoms with Crippen LogP contribution in [0.5, 0.6) is 5.75 Å². The van der Waals surface area contributed by atoms with Gasteiger partial charge >= 0.3 is 0 Å². The molecule has 2 rings (SSSR count). The molecule has 164 valence electrons. The number of carbonyl (C=O) groups excluding carboxylic acids is 1. The molecule has 5 nitrogen and oxygen atoms in total. The maximum absolute atomic E-state index is 12.7. The Hall–Kier alpha value is -1.59. The van der Waals surface area contributed by atoms with Gasteiger partial charge in [-0.2, -0.15) is 0 Å². The summed E-state index contributed by atoms with van der Waals surface area (Å²) in [7, 11) is 1.60. The van der Waals surface area contributed by atoms with Gasteiger partial charge in [-0.05, 0) is 69.3 Å². The summed E-state index contributed by atoms with van der Waals surface area (Å²) >= 11 is 0. The van der Waals surface area contributed by atoms with E-state index in [0.29, 0.717) is 0 Å². The Bertz CT molecular complexity index is 605. The maximum atomic E-state index is 12.7. The highest BCUT2D eigenvalue weighted by atomic mass is 16.5. The number of benzene rings is 1. The summed E-state index contributed by atoms with van der Waals surface area (Å²) < 4.78 is 11.4. The summed E-state index contributed by atoms with van der Waals surface area (Å²) in [5, 5.41) is 2.98. The van der Waals surface area contributed by atoms with Gasteiger partial charge in [0, 0.05) is 25.9 Å². The van der Waals surface area contributed by atoms with Gasteiger partial charge < -0.3 is 19.7 Å². The first kappa shape index (κ1) is 23.7. The number of rotatable bonds is 12. The van der Waals surface area contributed by atoms with Crippen LogP contribution in [0, 0.1) is 5.92 Å². The number of ether oxygens (including phenoxy) is 2. The van der Waals surface area contributed by atoms with Crippen LogP contribution in [0.4, 0.5) is 5.69 Å². The lowest BCUT2D eigenvalue weighted by molar-refractivity contribution is -0.136. The third-order valence-electron chi connectivity index (χ3n) is 5.93. The van der Waals surface area contributed by atoms with Crippen LogP contribution >= 0.6 is 0 Å². The monoisotopic (exact) mass is 404 g/mol. The van der Waals surface area contributed by atoms with Crippen molar-refractivity contribution in [1.82, 2.24) is 4.90 Å². The SMILES string of the molecule is CCCCCC(C)(OC)C(=O)Nc1ccc(OCCCN2CCCC(C)C2)cc1. The molecular weight excluding hydrogens is 364 g/mol. The number of piperidine rings is 1. The molecule has 1 aliphatic heterocycles. The number of hydrogen-bond donors (Lipinski definition) is 1. The van der Waals surface area contributed by atoms with E-state index in [9.17, 15) is 4.79 Å². The Morgan fingerprint density at radius 2 is 2.00 bits per heavy atom. The summed E-state index contributed by atoms with van der Waals surface area (Å²) in [6.45, 7) is 10.6. The summed E-state index contributed by atoms with van der Waals surface area (Å²) in [5.74, 6) is 1.56. The second kappa shape index (κ2) is 12.2. The van der Waals surface area contributed by atoms with Crippen molar-refractivity contribution in [2.45, 2.75) is 71.3 Å². The summed E-state index contributed by atoms with van der Waals surface area (Å²) in [6.07, 6.45) is 7.65. The van der Waals surface area contributed by atoms with Crippen LogP contribution in [0.2, 0.25) is 0 Å². The third-order valence-corrected chi connectivity index (χ3v) is 5.93. The molecule has 5 heteroatoms. The van der Waals surface area contributed by atoms with Gasteiger partial charge in [-0.3, -0.25) is 4.79 Å². The Morgan fingerprint density at radius 1 is 1.24 bits per heavy atom. The Labute approximate surface area is 177 Å². The summed E-state index contributed by atoms with van der Waals surface area (Å²) in [4.78, 5) is 15.2. The number of likely N-dealkylation sites (tertiary alicyclic amines) is 1. The molecule has 0 radical (unpaired) electrons. The van der Waals surface area contributed by atoms with Crippen molar-refractivity contribution in [2.24, 2.45) is 5.92 Å². The van der Waals surface area contributed by atoms with Crippen LogP contribution in [0.1, 0.15) is 65.7 Å². The topological polar surface area (TPSA) is 50.8 Å². The predicted octanol–water partition coefficient (Wildman–Crippen LogP) is 5.11. The van der Waals surface area contributed by atoms with Crippen LogP contribution in [0.25, 0.3) is 0 Å². The second-order valence-electron chi connectivity index (χ2n) is 8.62. The van der Waals surface area contributed by atoms with Crippen molar-refractivity contribution in [2.75, 3.05) is 38.7 Å². The van der Waals surface area contributed by atoms with Crippen molar-refractivity contribution in [3.63, 3.8) is 0 Å². The molecule has 1 aromatic carbocycles. The molecule has 0 aromatic heterocycles. The van der Waals surface area contributed by atoms with Gasteiger partial charge in [-0.25, -0.2) is 0 Å². The zero-order valence-electron chi connectivity index (χ0n) is 18.8. The second-order valence-corrected chi connectivity index (χ2v) is 8.62. The molecular formula is C24H40N2O3. The lowest BCUT2D eigenvalue weighted by atomic mass is 9.97. The maximum Gasteiger partial charge on any atom is 0.256 e. The van der Waals surface area contributed by atoms with E-state index in [0.717, 1.165) is 62.6 Å². The minimum Gasteiger partial charge on any atom is -0.494 e.